The largest absolute Gasteiger partial charge is 0.280 e. The van der Waals surface area contributed by atoms with Crippen LogP contribution in [0.25, 0.3) is 0 Å². The molecule has 0 aliphatic carbocycles. The van der Waals surface area contributed by atoms with Gasteiger partial charge < -0.3 is 0 Å². The van der Waals surface area contributed by atoms with Gasteiger partial charge >= 0.3 is 0 Å². The van der Waals surface area contributed by atoms with Crippen LogP contribution in [0.5, 0.6) is 0 Å². The molecule has 0 amide bonds. The molecule has 0 aromatic rings. The minimum absolute atomic E-state index is 0.296. The maximum absolute atomic E-state index is 4.38. The Kier molecular flexibility index (Phi) is 5.65. The summed E-state index contributed by atoms with van der Waals surface area (Å²) in [5.74, 6) is 0.680. The van der Waals surface area contributed by atoms with Crippen LogP contribution in [-0.4, -0.2) is 22.2 Å². The minimum atomic E-state index is 0.296. The Labute approximate surface area is 81.4 Å². The Hall–Kier alpha value is 0.660. The SMILES string of the molecule is CC(C)CN(C(C)S)C(C)S. The molecule has 3 heteroatoms. The van der Waals surface area contributed by atoms with Gasteiger partial charge in [-0.2, -0.15) is 25.3 Å². The average molecular weight is 193 g/mol. The first kappa shape index (κ1) is 11.7. The molecule has 0 N–H and O–H groups in total. The first-order chi connectivity index (χ1) is 4.95. The van der Waals surface area contributed by atoms with Crippen molar-refractivity contribution in [3.8, 4) is 0 Å². The maximum Gasteiger partial charge on any atom is 0.0509 e. The van der Waals surface area contributed by atoms with Gasteiger partial charge in [0, 0.05) is 6.54 Å². The summed E-state index contributed by atoms with van der Waals surface area (Å²) in [4.78, 5) is 2.26. The zero-order chi connectivity index (χ0) is 9.02. The van der Waals surface area contributed by atoms with Crippen LogP contribution >= 0.6 is 25.3 Å². The van der Waals surface area contributed by atoms with Gasteiger partial charge in [0.1, 0.15) is 0 Å². The van der Waals surface area contributed by atoms with E-state index in [-0.39, 0.29) is 0 Å². The quantitative estimate of drug-likeness (QED) is 0.512. The minimum Gasteiger partial charge on any atom is -0.280 e. The van der Waals surface area contributed by atoms with E-state index < -0.39 is 0 Å². The van der Waals surface area contributed by atoms with Crippen LogP contribution in [-0.2, 0) is 0 Å². The summed E-state index contributed by atoms with van der Waals surface area (Å²) < 4.78 is 0. The van der Waals surface area contributed by atoms with Gasteiger partial charge in [-0.25, -0.2) is 0 Å². The number of rotatable bonds is 4. The zero-order valence-corrected chi connectivity index (χ0v) is 9.57. The highest BCUT2D eigenvalue weighted by atomic mass is 32.1. The lowest BCUT2D eigenvalue weighted by molar-refractivity contribution is 0.233. The van der Waals surface area contributed by atoms with Crippen molar-refractivity contribution in [2.24, 2.45) is 5.92 Å². The standard InChI is InChI=1S/C8H19NS2/c1-6(2)5-9(7(3)10)8(4)11/h6-8,10-11H,5H2,1-4H3. The second kappa shape index (κ2) is 5.33. The normalized spacial score (nSPS) is 17.5. The summed E-state index contributed by atoms with van der Waals surface area (Å²) in [6.07, 6.45) is 0. The molecule has 0 aliphatic heterocycles. The molecule has 0 aromatic carbocycles. The lowest BCUT2D eigenvalue weighted by atomic mass is 10.2. The van der Waals surface area contributed by atoms with Crippen molar-refractivity contribution in [2.75, 3.05) is 6.54 Å². The van der Waals surface area contributed by atoms with Crippen LogP contribution in [0.1, 0.15) is 27.7 Å². The third-order valence-electron chi connectivity index (χ3n) is 1.54. The fourth-order valence-corrected chi connectivity index (χ4v) is 1.73. The molecule has 1 nitrogen and oxygen atoms in total. The van der Waals surface area contributed by atoms with Crippen LogP contribution in [0.4, 0.5) is 0 Å². The van der Waals surface area contributed by atoms with Gasteiger partial charge in [-0.3, -0.25) is 4.90 Å². The van der Waals surface area contributed by atoms with Crippen molar-refractivity contribution in [3.63, 3.8) is 0 Å². The van der Waals surface area contributed by atoms with E-state index >= 15 is 0 Å². The summed E-state index contributed by atoms with van der Waals surface area (Å²) in [7, 11) is 0. The molecule has 0 rings (SSSR count). The van der Waals surface area contributed by atoms with Crippen molar-refractivity contribution < 1.29 is 0 Å². The van der Waals surface area contributed by atoms with E-state index in [1.807, 2.05) is 0 Å². The third-order valence-corrected chi connectivity index (χ3v) is 2.13. The van der Waals surface area contributed by atoms with Gasteiger partial charge in [0.15, 0.2) is 0 Å². The molecule has 11 heavy (non-hydrogen) atoms. The Morgan fingerprint density at radius 3 is 1.45 bits per heavy atom. The highest BCUT2D eigenvalue weighted by Gasteiger charge is 2.14. The number of nitrogens with zero attached hydrogens (tertiary/aromatic N) is 1. The smallest absolute Gasteiger partial charge is 0.0509 e. The van der Waals surface area contributed by atoms with Crippen LogP contribution in [0, 0.1) is 5.92 Å². The first-order valence-corrected chi connectivity index (χ1v) is 5.10. The van der Waals surface area contributed by atoms with E-state index in [0.29, 0.717) is 16.7 Å². The third kappa shape index (κ3) is 4.99. The van der Waals surface area contributed by atoms with Crippen LogP contribution in [0.3, 0.4) is 0 Å². The van der Waals surface area contributed by atoms with Gasteiger partial charge in [0.05, 0.1) is 10.7 Å². The summed E-state index contributed by atoms with van der Waals surface area (Å²) in [6, 6.07) is 0. The van der Waals surface area contributed by atoms with E-state index in [2.05, 4.69) is 57.9 Å². The lowest BCUT2D eigenvalue weighted by Crippen LogP contribution is -2.37. The molecule has 2 unspecified atom stereocenters. The first-order valence-electron chi connectivity index (χ1n) is 4.07. The fourth-order valence-electron chi connectivity index (χ4n) is 1.04. The predicted molar refractivity (Wildman–Crippen MR) is 58.4 cm³/mol. The second-order valence-electron chi connectivity index (χ2n) is 3.35. The Bertz CT molecular complexity index is 94.3. The highest BCUT2D eigenvalue weighted by molar-refractivity contribution is 7.81. The van der Waals surface area contributed by atoms with E-state index in [0.717, 1.165) is 6.54 Å². The molecule has 0 spiro atoms. The Balaban J connectivity index is 3.90. The summed E-state index contributed by atoms with van der Waals surface area (Å²) in [5, 5.41) is 0.592. The van der Waals surface area contributed by atoms with E-state index in [4.69, 9.17) is 0 Å². The summed E-state index contributed by atoms with van der Waals surface area (Å²) >= 11 is 8.77. The van der Waals surface area contributed by atoms with Crippen molar-refractivity contribution in [2.45, 2.75) is 38.4 Å². The molecule has 68 valence electrons. The van der Waals surface area contributed by atoms with Crippen molar-refractivity contribution >= 4 is 25.3 Å². The average Bonchev–Trinajstić information content (AvgIpc) is 1.81. The van der Waals surface area contributed by atoms with Crippen LogP contribution in [0.2, 0.25) is 0 Å². The molecule has 0 heterocycles. The molecule has 0 aromatic heterocycles. The molecular weight excluding hydrogens is 174 g/mol. The van der Waals surface area contributed by atoms with E-state index in [1.54, 1.807) is 0 Å². The molecule has 0 bridgehead atoms. The molecule has 0 radical (unpaired) electrons. The Morgan fingerprint density at radius 2 is 1.36 bits per heavy atom. The van der Waals surface area contributed by atoms with Gasteiger partial charge in [-0.1, -0.05) is 13.8 Å². The molecule has 2 atom stereocenters. The Morgan fingerprint density at radius 1 is 1.00 bits per heavy atom. The molecule has 0 saturated carbocycles. The number of thiol groups is 2. The van der Waals surface area contributed by atoms with Crippen LogP contribution < -0.4 is 0 Å². The van der Waals surface area contributed by atoms with E-state index in [9.17, 15) is 0 Å². The lowest BCUT2D eigenvalue weighted by Gasteiger charge is -2.30. The monoisotopic (exact) mass is 193 g/mol. The molecule has 0 fully saturated rings. The second-order valence-corrected chi connectivity index (χ2v) is 4.85. The topological polar surface area (TPSA) is 3.24 Å². The van der Waals surface area contributed by atoms with E-state index in [1.165, 1.54) is 0 Å². The summed E-state index contributed by atoms with van der Waals surface area (Å²) in [5.41, 5.74) is 0. The number of hydrogen-bond donors (Lipinski definition) is 2. The van der Waals surface area contributed by atoms with Gasteiger partial charge in [-0.05, 0) is 19.8 Å². The van der Waals surface area contributed by atoms with Gasteiger partial charge in [0.25, 0.3) is 0 Å². The number of hydrogen-bond acceptors (Lipinski definition) is 3. The molecule has 0 saturated heterocycles. The van der Waals surface area contributed by atoms with Crippen molar-refractivity contribution in [3.05, 3.63) is 0 Å². The summed E-state index contributed by atoms with van der Waals surface area (Å²) in [6.45, 7) is 9.64. The van der Waals surface area contributed by atoms with Gasteiger partial charge in [0.2, 0.25) is 0 Å². The van der Waals surface area contributed by atoms with Crippen molar-refractivity contribution in [1.82, 2.24) is 4.90 Å². The fraction of sp³-hybridized carbons (Fsp3) is 1.00. The zero-order valence-electron chi connectivity index (χ0n) is 7.78. The van der Waals surface area contributed by atoms with Gasteiger partial charge in [-0.15, -0.1) is 0 Å². The molecular formula is C8H19NS2. The molecule has 0 aliphatic rings. The van der Waals surface area contributed by atoms with Crippen molar-refractivity contribution in [1.29, 1.82) is 0 Å². The highest BCUT2D eigenvalue weighted by Crippen LogP contribution is 2.13. The van der Waals surface area contributed by atoms with Crippen LogP contribution in [0.15, 0.2) is 0 Å². The predicted octanol–water partition coefficient (Wildman–Crippen LogP) is 2.50. The maximum atomic E-state index is 4.38.